The Kier molecular flexibility index (Phi) is 5.50. The highest BCUT2D eigenvalue weighted by molar-refractivity contribution is 5.42. The topological polar surface area (TPSA) is 30.5 Å². The predicted octanol–water partition coefficient (Wildman–Crippen LogP) is 4.01. The SMILES string of the molecule is COc1ccc(CNCc2ccccc2C(F)(F)F)cc1OC. The van der Waals surface area contributed by atoms with E-state index in [1.54, 1.807) is 25.3 Å². The van der Waals surface area contributed by atoms with Gasteiger partial charge in [0.15, 0.2) is 11.5 Å². The summed E-state index contributed by atoms with van der Waals surface area (Å²) in [5.74, 6) is 1.20. The van der Waals surface area contributed by atoms with Crippen LogP contribution < -0.4 is 14.8 Å². The van der Waals surface area contributed by atoms with Crippen molar-refractivity contribution in [3.63, 3.8) is 0 Å². The second kappa shape index (κ2) is 7.37. The minimum atomic E-state index is -4.35. The third kappa shape index (κ3) is 4.39. The van der Waals surface area contributed by atoms with E-state index in [2.05, 4.69) is 5.32 Å². The van der Waals surface area contributed by atoms with Crippen molar-refractivity contribution in [2.45, 2.75) is 19.3 Å². The van der Waals surface area contributed by atoms with Crippen molar-refractivity contribution < 1.29 is 22.6 Å². The van der Waals surface area contributed by atoms with E-state index in [1.807, 2.05) is 6.07 Å². The lowest BCUT2D eigenvalue weighted by atomic mass is 10.1. The van der Waals surface area contributed by atoms with E-state index in [0.29, 0.717) is 18.0 Å². The molecule has 0 heterocycles. The van der Waals surface area contributed by atoms with Gasteiger partial charge in [-0.25, -0.2) is 0 Å². The van der Waals surface area contributed by atoms with Gasteiger partial charge in [-0.15, -0.1) is 0 Å². The summed E-state index contributed by atoms with van der Waals surface area (Å²) >= 11 is 0. The molecule has 23 heavy (non-hydrogen) atoms. The Morgan fingerprint density at radius 2 is 1.61 bits per heavy atom. The van der Waals surface area contributed by atoms with Crippen molar-refractivity contribution in [2.24, 2.45) is 0 Å². The summed E-state index contributed by atoms with van der Waals surface area (Å²) in [6, 6.07) is 11.0. The molecule has 124 valence electrons. The summed E-state index contributed by atoms with van der Waals surface area (Å²) in [4.78, 5) is 0. The zero-order valence-corrected chi connectivity index (χ0v) is 12.9. The zero-order valence-electron chi connectivity index (χ0n) is 12.9. The van der Waals surface area contributed by atoms with Crippen LogP contribution in [0.5, 0.6) is 11.5 Å². The summed E-state index contributed by atoms with van der Waals surface area (Å²) in [5, 5.41) is 3.02. The largest absolute Gasteiger partial charge is 0.493 e. The number of hydrogen-bond acceptors (Lipinski definition) is 3. The van der Waals surface area contributed by atoms with Crippen molar-refractivity contribution in [2.75, 3.05) is 14.2 Å². The van der Waals surface area contributed by atoms with Crippen LogP contribution >= 0.6 is 0 Å². The van der Waals surface area contributed by atoms with Crippen LogP contribution in [0.1, 0.15) is 16.7 Å². The van der Waals surface area contributed by atoms with Gasteiger partial charge in [0.25, 0.3) is 0 Å². The average molecular weight is 325 g/mol. The van der Waals surface area contributed by atoms with Gasteiger partial charge in [0.2, 0.25) is 0 Å². The van der Waals surface area contributed by atoms with Crippen LogP contribution in [0.25, 0.3) is 0 Å². The summed E-state index contributed by atoms with van der Waals surface area (Å²) in [5.41, 5.74) is 0.507. The third-order valence-corrected chi connectivity index (χ3v) is 3.42. The fourth-order valence-corrected chi connectivity index (χ4v) is 2.28. The summed E-state index contributed by atoms with van der Waals surface area (Å²) in [6.45, 7) is 0.552. The van der Waals surface area contributed by atoms with E-state index in [9.17, 15) is 13.2 Å². The van der Waals surface area contributed by atoms with E-state index in [0.717, 1.165) is 11.6 Å². The Bertz CT molecular complexity index is 657. The first-order chi connectivity index (χ1) is 11.0. The molecule has 2 aromatic rings. The highest BCUT2D eigenvalue weighted by atomic mass is 19.4. The Hall–Kier alpha value is -2.21. The van der Waals surface area contributed by atoms with Crippen LogP contribution in [-0.4, -0.2) is 14.2 Å². The number of methoxy groups -OCH3 is 2. The Morgan fingerprint density at radius 3 is 2.26 bits per heavy atom. The normalized spacial score (nSPS) is 11.3. The molecule has 0 aromatic heterocycles. The highest BCUT2D eigenvalue weighted by Crippen LogP contribution is 2.32. The molecule has 0 radical (unpaired) electrons. The second-order valence-electron chi connectivity index (χ2n) is 4.95. The first-order valence-corrected chi connectivity index (χ1v) is 7.02. The molecule has 6 heteroatoms. The molecule has 0 saturated heterocycles. The van der Waals surface area contributed by atoms with Gasteiger partial charge in [-0.3, -0.25) is 0 Å². The van der Waals surface area contributed by atoms with E-state index in [4.69, 9.17) is 9.47 Å². The highest BCUT2D eigenvalue weighted by Gasteiger charge is 2.32. The number of rotatable bonds is 6. The quantitative estimate of drug-likeness (QED) is 0.870. The van der Waals surface area contributed by atoms with E-state index in [-0.39, 0.29) is 12.1 Å². The number of halogens is 3. The molecule has 0 aliphatic heterocycles. The van der Waals surface area contributed by atoms with Crippen LogP contribution in [0.2, 0.25) is 0 Å². The molecular weight excluding hydrogens is 307 g/mol. The van der Waals surface area contributed by atoms with Crippen LogP contribution in [-0.2, 0) is 19.3 Å². The first-order valence-electron chi connectivity index (χ1n) is 7.02. The third-order valence-electron chi connectivity index (χ3n) is 3.42. The standard InChI is InChI=1S/C17H18F3NO2/c1-22-15-8-7-12(9-16(15)23-2)10-21-11-13-5-3-4-6-14(13)17(18,19)20/h3-9,21H,10-11H2,1-2H3. The van der Waals surface area contributed by atoms with E-state index in [1.165, 1.54) is 19.2 Å². The van der Waals surface area contributed by atoms with Crippen molar-refractivity contribution in [3.05, 3.63) is 59.2 Å². The fourth-order valence-electron chi connectivity index (χ4n) is 2.28. The van der Waals surface area contributed by atoms with Crippen LogP contribution in [0.4, 0.5) is 13.2 Å². The molecule has 3 nitrogen and oxygen atoms in total. The molecular formula is C17H18F3NO2. The number of alkyl halides is 3. The molecule has 0 amide bonds. The molecule has 0 unspecified atom stereocenters. The van der Waals surface area contributed by atoms with Gasteiger partial charge in [0, 0.05) is 13.1 Å². The van der Waals surface area contributed by atoms with Crippen LogP contribution in [0.3, 0.4) is 0 Å². The first kappa shape index (κ1) is 17.1. The zero-order chi connectivity index (χ0) is 16.9. The Morgan fingerprint density at radius 1 is 0.913 bits per heavy atom. The maximum Gasteiger partial charge on any atom is 0.416 e. The summed E-state index contributed by atoms with van der Waals surface area (Å²) < 4.78 is 49.1. The minimum Gasteiger partial charge on any atom is -0.493 e. The minimum absolute atomic E-state index is 0.129. The molecule has 0 bridgehead atoms. The summed E-state index contributed by atoms with van der Waals surface area (Å²) in [6.07, 6.45) is -4.35. The number of benzene rings is 2. The van der Waals surface area contributed by atoms with Gasteiger partial charge in [0.05, 0.1) is 19.8 Å². The van der Waals surface area contributed by atoms with Gasteiger partial charge in [0.1, 0.15) is 0 Å². The molecule has 2 rings (SSSR count). The average Bonchev–Trinajstić information content (AvgIpc) is 2.54. The van der Waals surface area contributed by atoms with E-state index >= 15 is 0 Å². The molecule has 0 aliphatic carbocycles. The van der Waals surface area contributed by atoms with Crippen molar-refractivity contribution >= 4 is 0 Å². The van der Waals surface area contributed by atoms with Crippen LogP contribution in [0.15, 0.2) is 42.5 Å². The van der Waals surface area contributed by atoms with Gasteiger partial charge in [-0.1, -0.05) is 24.3 Å². The molecule has 0 spiro atoms. The predicted molar refractivity (Wildman–Crippen MR) is 81.5 cm³/mol. The Balaban J connectivity index is 2.03. The van der Waals surface area contributed by atoms with Crippen molar-refractivity contribution in [1.29, 1.82) is 0 Å². The molecule has 0 fully saturated rings. The fraction of sp³-hybridized carbons (Fsp3) is 0.294. The molecule has 0 saturated carbocycles. The van der Waals surface area contributed by atoms with Gasteiger partial charge in [-0.2, -0.15) is 13.2 Å². The lowest BCUT2D eigenvalue weighted by Gasteiger charge is -2.14. The molecule has 0 atom stereocenters. The van der Waals surface area contributed by atoms with Crippen LogP contribution in [0, 0.1) is 0 Å². The number of ether oxygens (including phenoxy) is 2. The van der Waals surface area contributed by atoms with Crippen molar-refractivity contribution in [1.82, 2.24) is 5.32 Å². The number of nitrogens with one attached hydrogen (secondary N) is 1. The van der Waals surface area contributed by atoms with Gasteiger partial charge >= 0.3 is 6.18 Å². The summed E-state index contributed by atoms with van der Waals surface area (Å²) in [7, 11) is 3.08. The maximum absolute atomic E-state index is 12.9. The second-order valence-corrected chi connectivity index (χ2v) is 4.95. The monoisotopic (exact) mass is 325 g/mol. The van der Waals surface area contributed by atoms with Gasteiger partial charge in [-0.05, 0) is 29.3 Å². The molecule has 2 aromatic carbocycles. The lowest BCUT2D eigenvalue weighted by Crippen LogP contribution is -2.17. The molecule has 1 N–H and O–H groups in total. The van der Waals surface area contributed by atoms with E-state index < -0.39 is 11.7 Å². The van der Waals surface area contributed by atoms with Gasteiger partial charge < -0.3 is 14.8 Å². The maximum atomic E-state index is 12.9. The Labute approximate surface area is 133 Å². The van der Waals surface area contributed by atoms with Crippen molar-refractivity contribution in [3.8, 4) is 11.5 Å². The molecule has 0 aliphatic rings. The smallest absolute Gasteiger partial charge is 0.416 e. The number of hydrogen-bond donors (Lipinski definition) is 1. The lowest BCUT2D eigenvalue weighted by molar-refractivity contribution is -0.138.